The van der Waals surface area contributed by atoms with Crippen LogP contribution in [0.3, 0.4) is 0 Å². The lowest BCUT2D eigenvalue weighted by Gasteiger charge is -2.46. The van der Waals surface area contributed by atoms with Crippen LogP contribution in [0.25, 0.3) is 0 Å². The number of aliphatic hydroxyl groups excluding tert-OH is 2. The Bertz CT molecular complexity index is 262. The van der Waals surface area contributed by atoms with Crippen LogP contribution in [0.1, 0.15) is 26.2 Å². The smallest absolute Gasteiger partial charge is 0.157 e. The molecule has 100 valence electrons. The monoisotopic (exact) mass is 244 g/mol. The first-order valence-electron chi connectivity index (χ1n) is 6.01. The molecule has 4 heteroatoms. The topological polar surface area (TPSA) is 58.9 Å². The second kappa shape index (κ2) is 5.96. The highest BCUT2D eigenvalue weighted by Gasteiger charge is 2.46. The summed E-state index contributed by atoms with van der Waals surface area (Å²) in [5.74, 6) is -0.0981. The molecule has 0 heterocycles. The van der Waals surface area contributed by atoms with E-state index >= 15 is 0 Å². The summed E-state index contributed by atoms with van der Waals surface area (Å²) in [6.07, 6.45) is 1.18. The first-order valence-corrected chi connectivity index (χ1v) is 6.01. The van der Waals surface area contributed by atoms with Crippen molar-refractivity contribution < 1.29 is 19.7 Å². The van der Waals surface area contributed by atoms with Crippen LogP contribution in [0.2, 0.25) is 0 Å². The summed E-state index contributed by atoms with van der Waals surface area (Å²) in [5, 5.41) is 19.7. The van der Waals surface area contributed by atoms with Gasteiger partial charge in [-0.25, -0.2) is 0 Å². The summed E-state index contributed by atoms with van der Waals surface area (Å²) >= 11 is 0. The lowest BCUT2D eigenvalue weighted by molar-refractivity contribution is -0.154. The Balaban J connectivity index is 2.89. The van der Waals surface area contributed by atoms with Gasteiger partial charge in [0.1, 0.15) is 0 Å². The van der Waals surface area contributed by atoms with Crippen molar-refractivity contribution in [2.45, 2.75) is 38.6 Å². The maximum absolute atomic E-state index is 10.2. The molecule has 0 amide bonds. The molecule has 0 saturated heterocycles. The SMILES string of the molecule is C=C1CC[C@H](O)[C@@](C)(CC(OC)OC)[C@@H]1CO. The van der Waals surface area contributed by atoms with E-state index in [9.17, 15) is 10.2 Å². The molecule has 1 fully saturated rings. The van der Waals surface area contributed by atoms with Crippen LogP contribution in [-0.2, 0) is 9.47 Å². The van der Waals surface area contributed by atoms with E-state index in [1.54, 1.807) is 14.2 Å². The number of methoxy groups -OCH3 is 2. The van der Waals surface area contributed by atoms with Crippen molar-refractivity contribution in [3.8, 4) is 0 Å². The first kappa shape index (κ1) is 14.6. The third-order valence-electron chi connectivity index (χ3n) is 4.10. The number of hydrogen-bond donors (Lipinski definition) is 2. The van der Waals surface area contributed by atoms with Crippen molar-refractivity contribution in [2.24, 2.45) is 11.3 Å². The Kier molecular flexibility index (Phi) is 5.13. The lowest BCUT2D eigenvalue weighted by Crippen LogP contribution is -2.47. The van der Waals surface area contributed by atoms with Crippen molar-refractivity contribution in [2.75, 3.05) is 20.8 Å². The molecule has 1 saturated carbocycles. The normalized spacial score (nSPS) is 34.4. The average Bonchev–Trinajstić information content (AvgIpc) is 2.32. The maximum Gasteiger partial charge on any atom is 0.157 e. The molecule has 17 heavy (non-hydrogen) atoms. The minimum atomic E-state index is -0.460. The Labute approximate surface area is 103 Å². The van der Waals surface area contributed by atoms with E-state index < -0.39 is 11.5 Å². The van der Waals surface area contributed by atoms with Crippen LogP contribution in [0.15, 0.2) is 12.2 Å². The fourth-order valence-electron chi connectivity index (χ4n) is 2.76. The summed E-state index contributed by atoms with van der Waals surface area (Å²) < 4.78 is 10.4. The Morgan fingerprint density at radius 2 is 2.06 bits per heavy atom. The standard InChI is InChI=1S/C13H24O4/c1-9-5-6-11(15)13(2,10(9)8-14)7-12(16-3)17-4/h10-12,14-15H,1,5-8H2,2-4H3/t10-,11+,13+/m1/s1. The summed E-state index contributed by atoms with van der Waals surface area (Å²) in [5.41, 5.74) is 0.562. The van der Waals surface area contributed by atoms with Crippen LogP contribution in [0.5, 0.6) is 0 Å². The van der Waals surface area contributed by atoms with Gasteiger partial charge in [-0.05, 0) is 12.8 Å². The van der Waals surface area contributed by atoms with Crippen molar-refractivity contribution >= 4 is 0 Å². The zero-order valence-electron chi connectivity index (χ0n) is 11.0. The van der Waals surface area contributed by atoms with E-state index in [4.69, 9.17) is 9.47 Å². The van der Waals surface area contributed by atoms with Crippen LogP contribution in [-0.4, -0.2) is 43.4 Å². The highest BCUT2D eigenvalue weighted by molar-refractivity contribution is 5.13. The largest absolute Gasteiger partial charge is 0.396 e. The molecule has 0 spiro atoms. The molecule has 1 aliphatic rings. The summed E-state index contributed by atoms with van der Waals surface area (Å²) in [6.45, 7) is 5.98. The lowest BCUT2D eigenvalue weighted by atomic mass is 9.62. The van der Waals surface area contributed by atoms with Gasteiger partial charge in [0.15, 0.2) is 6.29 Å². The van der Waals surface area contributed by atoms with Crippen molar-refractivity contribution in [1.29, 1.82) is 0 Å². The van der Waals surface area contributed by atoms with Gasteiger partial charge in [0.05, 0.1) is 12.7 Å². The predicted octanol–water partition coefficient (Wildman–Crippen LogP) is 1.32. The molecule has 1 rings (SSSR count). The van der Waals surface area contributed by atoms with Crippen LogP contribution in [0.4, 0.5) is 0 Å². The molecular weight excluding hydrogens is 220 g/mol. The van der Waals surface area contributed by atoms with Crippen molar-refractivity contribution in [3.63, 3.8) is 0 Å². The maximum atomic E-state index is 10.2. The molecule has 0 unspecified atom stereocenters. The molecule has 0 aromatic heterocycles. The highest BCUT2D eigenvalue weighted by atomic mass is 16.7. The van der Waals surface area contributed by atoms with Gasteiger partial charge in [-0.1, -0.05) is 19.1 Å². The molecular formula is C13H24O4. The molecule has 0 aromatic rings. The third-order valence-corrected chi connectivity index (χ3v) is 4.10. The summed E-state index contributed by atoms with van der Waals surface area (Å²) in [6, 6.07) is 0. The molecule has 0 radical (unpaired) electrons. The minimum absolute atomic E-state index is 0.00649. The average molecular weight is 244 g/mol. The van der Waals surface area contributed by atoms with Crippen molar-refractivity contribution in [3.05, 3.63) is 12.2 Å². The van der Waals surface area contributed by atoms with Crippen LogP contribution >= 0.6 is 0 Å². The Hall–Kier alpha value is -0.420. The third kappa shape index (κ3) is 2.88. The fourth-order valence-corrected chi connectivity index (χ4v) is 2.76. The molecule has 0 aliphatic heterocycles. The predicted molar refractivity (Wildman–Crippen MR) is 65.5 cm³/mol. The zero-order chi connectivity index (χ0) is 13.1. The van der Waals surface area contributed by atoms with E-state index in [0.29, 0.717) is 12.8 Å². The van der Waals surface area contributed by atoms with Gasteiger partial charge in [-0.3, -0.25) is 0 Å². The summed E-state index contributed by atoms with van der Waals surface area (Å²) in [7, 11) is 3.16. The zero-order valence-corrected chi connectivity index (χ0v) is 11.0. The molecule has 3 atom stereocenters. The van der Waals surface area contributed by atoms with Gasteiger partial charge in [-0.15, -0.1) is 0 Å². The van der Waals surface area contributed by atoms with E-state index in [0.717, 1.165) is 12.0 Å². The summed E-state index contributed by atoms with van der Waals surface area (Å²) in [4.78, 5) is 0. The minimum Gasteiger partial charge on any atom is -0.396 e. The van der Waals surface area contributed by atoms with Gasteiger partial charge in [0, 0.05) is 32.0 Å². The molecule has 4 nitrogen and oxygen atoms in total. The van der Waals surface area contributed by atoms with Crippen LogP contribution < -0.4 is 0 Å². The van der Waals surface area contributed by atoms with E-state index in [1.165, 1.54) is 0 Å². The number of ether oxygens (including phenoxy) is 2. The number of aliphatic hydroxyl groups is 2. The highest BCUT2D eigenvalue weighted by Crippen LogP contribution is 2.46. The first-order chi connectivity index (χ1) is 7.99. The van der Waals surface area contributed by atoms with Gasteiger partial charge >= 0.3 is 0 Å². The Morgan fingerprint density at radius 3 is 2.53 bits per heavy atom. The fraction of sp³-hybridized carbons (Fsp3) is 0.846. The van der Waals surface area contributed by atoms with Crippen LogP contribution in [0, 0.1) is 11.3 Å². The number of hydrogen-bond acceptors (Lipinski definition) is 4. The van der Waals surface area contributed by atoms with Gasteiger partial charge in [0.2, 0.25) is 0 Å². The van der Waals surface area contributed by atoms with Crippen molar-refractivity contribution in [1.82, 2.24) is 0 Å². The van der Waals surface area contributed by atoms with Gasteiger partial charge in [0.25, 0.3) is 0 Å². The molecule has 1 aliphatic carbocycles. The van der Waals surface area contributed by atoms with E-state index in [-0.39, 0.29) is 18.8 Å². The Morgan fingerprint density at radius 1 is 1.47 bits per heavy atom. The van der Waals surface area contributed by atoms with E-state index in [2.05, 4.69) is 6.58 Å². The van der Waals surface area contributed by atoms with Gasteiger partial charge < -0.3 is 19.7 Å². The quantitative estimate of drug-likeness (QED) is 0.565. The van der Waals surface area contributed by atoms with Gasteiger partial charge in [-0.2, -0.15) is 0 Å². The molecule has 2 N–H and O–H groups in total. The second-order valence-electron chi connectivity index (χ2n) is 5.06. The molecule has 0 aromatic carbocycles. The number of rotatable bonds is 5. The molecule has 0 bridgehead atoms. The van der Waals surface area contributed by atoms with E-state index in [1.807, 2.05) is 6.92 Å². The second-order valence-corrected chi connectivity index (χ2v) is 5.06.